The number of piperidine rings is 1. The number of nitrogens with zero attached hydrogens (tertiary/aromatic N) is 3. The molecular formula is C32H39N5O2. The average Bonchev–Trinajstić information content (AvgIpc) is 3.33. The number of ether oxygens (including phenoxy) is 1. The van der Waals surface area contributed by atoms with Gasteiger partial charge in [0.25, 0.3) is 0 Å². The lowest BCUT2D eigenvalue weighted by molar-refractivity contribution is -0.132. The molecule has 4 aromatic rings. The molecule has 7 heteroatoms. The Kier molecular flexibility index (Phi) is 8.59. The Morgan fingerprint density at radius 1 is 1.05 bits per heavy atom. The molecule has 2 atom stereocenters. The minimum absolute atomic E-state index is 0.132. The number of aromatic nitrogens is 2. The number of fused-ring (bicyclic) bond motifs is 1. The number of nitrogen functional groups attached to an aromatic ring is 1. The van der Waals surface area contributed by atoms with Crippen LogP contribution in [-0.4, -0.2) is 53.2 Å². The molecule has 0 bridgehead atoms. The van der Waals surface area contributed by atoms with Crippen molar-refractivity contribution in [3.8, 4) is 11.1 Å². The van der Waals surface area contributed by atoms with Crippen LogP contribution in [0.2, 0.25) is 0 Å². The van der Waals surface area contributed by atoms with Crippen LogP contribution in [0.4, 0.5) is 5.69 Å². The van der Waals surface area contributed by atoms with Crippen LogP contribution in [0.3, 0.4) is 0 Å². The number of imidazole rings is 1. The van der Waals surface area contributed by atoms with Gasteiger partial charge >= 0.3 is 0 Å². The first kappa shape index (κ1) is 26.9. The van der Waals surface area contributed by atoms with E-state index in [1.165, 1.54) is 0 Å². The minimum atomic E-state index is -0.223. The van der Waals surface area contributed by atoms with E-state index in [2.05, 4.69) is 47.0 Å². The van der Waals surface area contributed by atoms with Crippen molar-refractivity contribution in [3.63, 3.8) is 0 Å². The van der Waals surface area contributed by atoms with E-state index in [0.29, 0.717) is 26.0 Å². The maximum atomic E-state index is 13.3. The number of methoxy groups -OCH3 is 1. The molecule has 2 heterocycles. The molecule has 1 aromatic heterocycles. The monoisotopic (exact) mass is 525 g/mol. The van der Waals surface area contributed by atoms with Crippen molar-refractivity contribution in [1.29, 1.82) is 0 Å². The average molecular weight is 526 g/mol. The fourth-order valence-electron chi connectivity index (χ4n) is 5.66. The van der Waals surface area contributed by atoms with Gasteiger partial charge in [-0.05, 0) is 66.6 Å². The maximum Gasteiger partial charge on any atom is 0.224 e. The Morgan fingerprint density at radius 2 is 1.77 bits per heavy atom. The zero-order valence-corrected chi connectivity index (χ0v) is 22.8. The van der Waals surface area contributed by atoms with Crippen LogP contribution in [0.25, 0.3) is 22.2 Å². The van der Waals surface area contributed by atoms with Crippen LogP contribution >= 0.6 is 0 Å². The van der Waals surface area contributed by atoms with Crippen LogP contribution in [0.15, 0.2) is 72.8 Å². The molecule has 0 radical (unpaired) electrons. The quantitative estimate of drug-likeness (QED) is 0.225. The van der Waals surface area contributed by atoms with E-state index in [4.69, 9.17) is 21.2 Å². The Bertz CT molecular complexity index is 1380. The highest BCUT2D eigenvalue weighted by Gasteiger charge is 2.29. The number of hydrogen-bond donors (Lipinski definition) is 2. The Balaban J connectivity index is 1.21. The highest BCUT2D eigenvalue weighted by atomic mass is 16.5. The number of nitrogens with two attached hydrogens (primary N) is 2. The Morgan fingerprint density at radius 3 is 2.51 bits per heavy atom. The smallest absolute Gasteiger partial charge is 0.224 e. The van der Waals surface area contributed by atoms with Gasteiger partial charge < -0.3 is 25.7 Å². The Labute approximate surface area is 230 Å². The first-order valence-corrected chi connectivity index (χ1v) is 13.9. The molecule has 2 unspecified atom stereocenters. The topological polar surface area (TPSA) is 99.4 Å². The van der Waals surface area contributed by atoms with E-state index in [0.717, 1.165) is 71.6 Å². The number of carbonyl (C=O) groups is 1. The fourth-order valence-corrected chi connectivity index (χ4v) is 5.66. The third-order valence-corrected chi connectivity index (χ3v) is 7.69. The van der Waals surface area contributed by atoms with E-state index >= 15 is 0 Å². The number of anilines is 1. The predicted molar refractivity (Wildman–Crippen MR) is 157 cm³/mol. The summed E-state index contributed by atoms with van der Waals surface area (Å²) in [5.41, 5.74) is 18.6. The van der Waals surface area contributed by atoms with Crippen molar-refractivity contribution in [2.75, 3.05) is 32.5 Å². The summed E-state index contributed by atoms with van der Waals surface area (Å²) >= 11 is 0. The van der Waals surface area contributed by atoms with E-state index in [9.17, 15) is 4.79 Å². The van der Waals surface area contributed by atoms with Gasteiger partial charge in [-0.2, -0.15) is 0 Å². The van der Waals surface area contributed by atoms with E-state index in [1.54, 1.807) is 7.11 Å². The van der Waals surface area contributed by atoms with Crippen molar-refractivity contribution in [1.82, 2.24) is 14.5 Å². The predicted octanol–water partition coefficient (Wildman–Crippen LogP) is 4.99. The van der Waals surface area contributed by atoms with Crippen LogP contribution in [0.5, 0.6) is 0 Å². The van der Waals surface area contributed by atoms with Crippen molar-refractivity contribution in [2.45, 2.75) is 50.6 Å². The van der Waals surface area contributed by atoms with Crippen molar-refractivity contribution >= 4 is 22.6 Å². The third-order valence-electron chi connectivity index (χ3n) is 7.69. The van der Waals surface area contributed by atoms with Gasteiger partial charge in [0.2, 0.25) is 5.91 Å². The van der Waals surface area contributed by atoms with Crippen LogP contribution < -0.4 is 11.5 Å². The van der Waals surface area contributed by atoms with Gasteiger partial charge in [-0.25, -0.2) is 4.98 Å². The van der Waals surface area contributed by atoms with E-state index in [1.807, 2.05) is 35.2 Å². The molecule has 1 amide bonds. The van der Waals surface area contributed by atoms with Gasteiger partial charge in [-0.3, -0.25) is 4.79 Å². The highest BCUT2D eigenvalue weighted by Crippen LogP contribution is 2.30. The molecule has 0 saturated carbocycles. The Hall–Kier alpha value is -3.68. The minimum Gasteiger partial charge on any atom is -0.399 e. The summed E-state index contributed by atoms with van der Waals surface area (Å²) in [6.07, 6.45) is 3.94. The van der Waals surface area contributed by atoms with E-state index < -0.39 is 0 Å². The zero-order chi connectivity index (χ0) is 27.2. The van der Waals surface area contributed by atoms with Crippen LogP contribution in [-0.2, 0) is 22.5 Å². The van der Waals surface area contributed by atoms with Gasteiger partial charge in [0.1, 0.15) is 5.82 Å². The lowest BCUT2D eigenvalue weighted by atomic mass is 9.95. The summed E-state index contributed by atoms with van der Waals surface area (Å²) in [6.45, 7) is 3.04. The molecule has 1 fully saturated rings. The number of amides is 1. The molecule has 1 saturated heterocycles. The number of hydrogen-bond acceptors (Lipinski definition) is 5. The molecule has 204 valence electrons. The second-order valence-corrected chi connectivity index (χ2v) is 10.6. The van der Waals surface area contributed by atoms with Gasteiger partial charge in [-0.15, -0.1) is 0 Å². The van der Waals surface area contributed by atoms with Gasteiger partial charge in [0.05, 0.1) is 11.0 Å². The maximum absolute atomic E-state index is 13.3. The molecule has 4 N–H and O–H groups in total. The third kappa shape index (κ3) is 6.49. The van der Waals surface area contributed by atoms with Crippen molar-refractivity contribution in [2.24, 2.45) is 5.73 Å². The zero-order valence-electron chi connectivity index (χ0n) is 22.8. The second-order valence-electron chi connectivity index (χ2n) is 10.6. The first-order chi connectivity index (χ1) is 19.0. The standard InChI is InChI=1S/C32H39N5O2/c1-39-19-5-18-37-30-8-3-2-7-29(30)35-32(37)26-6-4-17-36(22-26)31(38)21-28(34)20-23-9-11-24(12-10-23)25-13-15-27(33)16-14-25/h2-3,7-16,26,28H,4-6,17-22,33-34H2,1H3. The summed E-state index contributed by atoms with van der Waals surface area (Å²) in [4.78, 5) is 20.3. The van der Waals surface area contributed by atoms with Gasteiger partial charge in [0, 0.05) is 57.4 Å². The van der Waals surface area contributed by atoms with Crippen molar-refractivity contribution in [3.05, 3.63) is 84.2 Å². The number of rotatable bonds is 10. The molecule has 1 aliphatic heterocycles. The number of para-hydroxylation sites is 2. The largest absolute Gasteiger partial charge is 0.399 e. The molecule has 3 aromatic carbocycles. The lowest BCUT2D eigenvalue weighted by Crippen LogP contribution is -2.42. The number of carbonyl (C=O) groups excluding carboxylic acids is 1. The van der Waals surface area contributed by atoms with Crippen LogP contribution in [0.1, 0.15) is 43.0 Å². The summed E-state index contributed by atoms with van der Waals surface area (Å²) in [5.74, 6) is 1.43. The summed E-state index contributed by atoms with van der Waals surface area (Å²) < 4.78 is 7.62. The molecule has 7 nitrogen and oxygen atoms in total. The van der Waals surface area contributed by atoms with E-state index in [-0.39, 0.29) is 17.9 Å². The molecule has 39 heavy (non-hydrogen) atoms. The molecule has 0 spiro atoms. The molecule has 0 aliphatic carbocycles. The first-order valence-electron chi connectivity index (χ1n) is 13.9. The number of likely N-dealkylation sites (tertiary alicyclic amines) is 1. The number of aryl methyl sites for hydroxylation is 1. The molecular weight excluding hydrogens is 486 g/mol. The van der Waals surface area contributed by atoms with Crippen molar-refractivity contribution < 1.29 is 9.53 Å². The molecule has 1 aliphatic rings. The van der Waals surface area contributed by atoms with Gasteiger partial charge in [0.15, 0.2) is 0 Å². The molecule has 5 rings (SSSR count). The lowest BCUT2D eigenvalue weighted by Gasteiger charge is -2.33. The number of benzene rings is 3. The summed E-state index contributed by atoms with van der Waals surface area (Å²) in [6, 6.07) is 24.3. The summed E-state index contributed by atoms with van der Waals surface area (Å²) in [7, 11) is 1.74. The SMILES string of the molecule is COCCCn1c(C2CCCN(C(=O)CC(N)Cc3ccc(-c4ccc(N)cc4)cc3)C2)nc2ccccc21. The van der Waals surface area contributed by atoms with Gasteiger partial charge in [-0.1, -0.05) is 48.5 Å². The second kappa shape index (κ2) is 12.5. The highest BCUT2D eigenvalue weighted by molar-refractivity contribution is 5.78. The van der Waals surface area contributed by atoms with Crippen LogP contribution in [0, 0.1) is 0 Å². The summed E-state index contributed by atoms with van der Waals surface area (Å²) in [5, 5.41) is 0. The normalized spacial score (nSPS) is 16.5. The fraction of sp³-hybridized carbons (Fsp3) is 0.375.